The number of aromatic nitrogens is 1. The third-order valence-corrected chi connectivity index (χ3v) is 5.29. The van der Waals surface area contributed by atoms with Gasteiger partial charge in [-0.15, -0.1) is 0 Å². The number of pyridine rings is 1. The van der Waals surface area contributed by atoms with Gasteiger partial charge in [0.1, 0.15) is 11.5 Å². The monoisotopic (exact) mass is 294 g/mol. The number of nitrogens with one attached hydrogen (secondary N) is 1. The molecule has 0 aromatic carbocycles. The van der Waals surface area contributed by atoms with Crippen LogP contribution in [0, 0.1) is 0 Å². The van der Waals surface area contributed by atoms with Crippen molar-refractivity contribution < 1.29 is 21.6 Å². The van der Waals surface area contributed by atoms with E-state index >= 15 is 0 Å². The quantitative estimate of drug-likeness (QED) is 0.927. The molecule has 1 aromatic rings. The van der Waals surface area contributed by atoms with Crippen molar-refractivity contribution in [3.8, 4) is 0 Å². The molecular formula is C11H13F3N2O2S. The molecule has 1 aromatic heterocycles. The van der Waals surface area contributed by atoms with Crippen molar-refractivity contribution in [1.29, 1.82) is 0 Å². The van der Waals surface area contributed by atoms with Gasteiger partial charge in [0.15, 0.2) is 9.84 Å². The molecule has 1 unspecified atom stereocenters. The van der Waals surface area contributed by atoms with Gasteiger partial charge in [-0.25, -0.2) is 13.4 Å². The summed E-state index contributed by atoms with van der Waals surface area (Å²) < 4.78 is 60.5. The number of nitrogens with zero attached hydrogens (tertiary/aromatic N) is 1. The maximum atomic E-state index is 12.4. The molecule has 19 heavy (non-hydrogen) atoms. The summed E-state index contributed by atoms with van der Waals surface area (Å²) in [6.07, 6.45) is -3.36. The van der Waals surface area contributed by atoms with Crippen LogP contribution in [-0.4, -0.2) is 30.9 Å². The first kappa shape index (κ1) is 14.1. The van der Waals surface area contributed by atoms with Gasteiger partial charge in [-0.2, -0.15) is 13.2 Å². The lowest BCUT2D eigenvalue weighted by Crippen LogP contribution is -2.25. The SMILES string of the molecule is O=S1(=O)CCCC1CNc1cccc(C(F)(F)F)n1. The summed E-state index contributed by atoms with van der Waals surface area (Å²) in [6, 6.07) is 3.50. The summed E-state index contributed by atoms with van der Waals surface area (Å²) in [5.74, 6) is 0.187. The Hall–Kier alpha value is -1.31. The summed E-state index contributed by atoms with van der Waals surface area (Å²) in [7, 11) is -3.11. The molecule has 2 heterocycles. The Bertz CT molecular complexity index is 557. The summed E-state index contributed by atoms with van der Waals surface area (Å²) in [5.41, 5.74) is -0.994. The summed E-state index contributed by atoms with van der Waals surface area (Å²) >= 11 is 0. The van der Waals surface area contributed by atoms with Crippen molar-refractivity contribution in [2.45, 2.75) is 24.3 Å². The van der Waals surface area contributed by atoms with Crippen LogP contribution in [0.3, 0.4) is 0 Å². The predicted molar refractivity (Wildman–Crippen MR) is 64.5 cm³/mol. The lowest BCUT2D eigenvalue weighted by Gasteiger charge is -2.12. The van der Waals surface area contributed by atoms with E-state index < -0.39 is 27.0 Å². The molecule has 0 amide bonds. The summed E-state index contributed by atoms with van der Waals surface area (Å²) in [5, 5.41) is 2.13. The maximum Gasteiger partial charge on any atom is 0.433 e. The van der Waals surface area contributed by atoms with Crippen molar-refractivity contribution in [2.24, 2.45) is 0 Å². The second-order valence-electron chi connectivity index (χ2n) is 4.42. The molecule has 0 radical (unpaired) electrons. The Morgan fingerprint density at radius 2 is 2.11 bits per heavy atom. The fourth-order valence-corrected chi connectivity index (χ4v) is 3.76. The highest BCUT2D eigenvalue weighted by atomic mass is 32.2. The highest BCUT2D eigenvalue weighted by Crippen LogP contribution is 2.28. The topological polar surface area (TPSA) is 59.1 Å². The average molecular weight is 294 g/mol. The molecule has 0 aliphatic carbocycles. The molecule has 2 rings (SSSR count). The van der Waals surface area contributed by atoms with E-state index in [9.17, 15) is 21.6 Å². The summed E-state index contributed by atoms with van der Waals surface area (Å²) in [4.78, 5) is 3.42. The molecule has 106 valence electrons. The van der Waals surface area contributed by atoms with E-state index in [0.29, 0.717) is 12.8 Å². The van der Waals surface area contributed by atoms with Crippen molar-refractivity contribution in [1.82, 2.24) is 4.98 Å². The normalized spacial score (nSPS) is 22.4. The zero-order chi connectivity index (χ0) is 14.1. The Labute approximate surface area is 109 Å². The number of alkyl halides is 3. The number of sulfone groups is 1. The lowest BCUT2D eigenvalue weighted by atomic mass is 10.2. The van der Waals surface area contributed by atoms with Gasteiger partial charge in [0.2, 0.25) is 0 Å². The second-order valence-corrected chi connectivity index (χ2v) is 6.82. The number of anilines is 1. The van der Waals surface area contributed by atoms with Crippen LogP contribution in [0.5, 0.6) is 0 Å². The third-order valence-electron chi connectivity index (χ3n) is 3.01. The molecule has 1 aliphatic heterocycles. The Morgan fingerprint density at radius 3 is 2.68 bits per heavy atom. The third kappa shape index (κ3) is 3.37. The predicted octanol–water partition coefficient (Wildman–Crippen LogP) is 2.09. The van der Waals surface area contributed by atoms with E-state index in [1.165, 1.54) is 12.1 Å². The van der Waals surface area contributed by atoms with Gasteiger partial charge < -0.3 is 5.32 Å². The molecule has 8 heteroatoms. The maximum absolute atomic E-state index is 12.4. The van der Waals surface area contributed by atoms with E-state index in [4.69, 9.17) is 0 Å². The van der Waals surface area contributed by atoms with E-state index in [1.807, 2.05) is 0 Å². The van der Waals surface area contributed by atoms with Crippen LogP contribution >= 0.6 is 0 Å². The van der Waals surface area contributed by atoms with Crippen LogP contribution in [0.1, 0.15) is 18.5 Å². The standard InChI is InChI=1S/C11H13F3N2O2S/c12-11(13,14)9-4-1-5-10(16-9)15-7-8-3-2-6-19(8,17)18/h1,4-5,8H,2-3,6-7H2,(H,15,16). The smallest absolute Gasteiger partial charge is 0.369 e. The van der Waals surface area contributed by atoms with Crippen molar-refractivity contribution in [3.05, 3.63) is 23.9 Å². The number of hydrogen-bond donors (Lipinski definition) is 1. The molecule has 0 bridgehead atoms. The first-order chi connectivity index (χ1) is 8.79. The van der Waals surface area contributed by atoms with Crippen LogP contribution < -0.4 is 5.32 Å². The molecule has 1 saturated heterocycles. The van der Waals surface area contributed by atoms with Gasteiger partial charge in [0.05, 0.1) is 11.0 Å². The van der Waals surface area contributed by atoms with Gasteiger partial charge in [-0.05, 0) is 25.0 Å². The van der Waals surface area contributed by atoms with Gasteiger partial charge in [-0.3, -0.25) is 0 Å². The highest BCUT2D eigenvalue weighted by Gasteiger charge is 2.33. The van der Waals surface area contributed by atoms with E-state index in [0.717, 1.165) is 6.07 Å². The number of hydrogen-bond acceptors (Lipinski definition) is 4. The summed E-state index contributed by atoms with van der Waals surface area (Å²) in [6.45, 7) is 0.0939. The first-order valence-corrected chi connectivity index (χ1v) is 7.50. The van der Waals surface area contributed by atoms with Crippen LogP contribution in [0.25, 0.3) is 0 Å². The molecule has 0 saturated carbocycles. The van der Waals surface area contributed by atoms with E-state index in [-0.39, 0.29) is 18.1 Å². The molecule has 4 nitrogen and oxygen atoms in total. The largest absolute Gasteiger partial charge is 0.433 e. The second kappa shape index (κ2) is 4.99. The molecular weight excluding hydrogens is 281 g/mol. The first-order valence-electron chi connectivity index (χ1n) is 5.79. The van der Waals surface area contributed by atoms with Gasteiger partial charge in [-0.1, -0.05) is 6.07 Å². The number of halogens is 3. The fraction of sp³-hybridized carbons (Fsp3) is 0.545. The fourth-order valence-electron chi connectivity index (χ4n) is 2.00. The highest BCUT2D eigenvalue weighted by molar-refractivity contribution is 7.92. The van der Waals surface area contributed by atoms with Crippen molar-refractivity contribution >= 4 is 15.7 Å². The number of rotatable bonds is 3. The Balaban J connectivity index is 2.04. The van der Waals surface area contributed by atoms with Crippen LogP contribution in [0.4, 0.5) is 19.0 Å². The Morgan fingerprint density at radius 1 is 1.37 bits per heavy atom. The van der Waals surface area contributed by atoms with Crippen LogP contribution in [0.2, 0.25) is 0 Å². The average Bonchev–Trinajstić information content (AvgIpc) is 2.65. The molecule has 1 N–H and O–H groups in total. The molecule has 0 spiro atoms. The molecule has 1 atom stereocenters. The van der Waals surface area contributed by atoms with E-state index in [2.05, 4.69) is 10.3 Å². The Kier molecular flexibility index (Phi) is 3.71. The zero-order valence-electron chi connectivity index (χ0n) is 9.94. The van der Waals surface area contributed by atoms with Crippen LogP contribution in [0.15, 0.2) is 18.2 Å². The van der Waals surface area contributed by atoms with Crippen LogP contribution in [-0.2, 0) is 16.0 Å². The van der Waals surface area contributed by atoms with Crippen molar-refractivity contribution in [3.63, 3.8) is 0 Å². The van der Waals surface area contributed by atoms with Gasteiger partial charge >= 0.3 is 6.18 Å². The minimum atomic E-state index is -4.50. The van der Waals surface area contributed by atoms with Gasteiger partial charge in [0.25, 0.3) is 0 Å². The minimum Gasteiger partial charge on any atom is -0.369 e. The molecule has 1 fully saturated rings. The lowest BCUT2D eigenvalue weighted by molar-refractivity contribution is -0.141. The molecule has 1 aliphatic rings. The van der Waals surface area contributed by atoms with Gasteiger partial charge in [0, 0.05) is 6.54 Å². The van der Waals surface area contributed by atoms with Crippen molar-refractivity contribution in [2.75, 3.05) is 17.6 Å². The minimum absolute atomic E-state index is 0.0388. The van der Waals surface area contributed by atoms with E-state index in [1.54, 1.807) is 0 Å². The zero-order valence-corrected chi connectivity index (χ0v) is 10.8.